The molecule has 0 spiro atoms. The van der Waals surface area contributed by atoms with Crippen LogP contribution in [0.3, 0.4) is 0 Å². The van der Waals surface area contributed by atoms with Gasteiger partial charge < -0.3 is 9.88 Å². The van der Waals surface area contributed by atoms with Gasteiger partial charge in [0.1, 0.15) is 10.6 Å². The monoisotopic (exact) mass is 379 g/mol. The van der Waals surface area contributed by atoms with Crippen LogP contribution in [0.5, 0.6) is 0 Å². The highest BCUT2D eigenvalue weighted by Crippen LogP contribution is 2.17. The summed E-state index contributed by atoms with van der Waals surface area (Å²) in [5, 5.41) is 2.28. The van der Waals surface area contributed by atoms with Crippen molar-refractivity contribution < 1.29 is 30.8 Å². The molecule has 6 nitrogen and oxygen atoms in total. The highest BCUT2D eigenvalue weighted by atomic mass is 32.2. The fourth-order valence-corrected chi connectivity index (χ4v) is 3.01. The Morgan fingerprint density at radius 3 is 2.48 bits per heavy atom. The highest BCUT2D eigenvalue weighted by Gasteiger charge is 2.21. The normalized spacial score (nSPS) is 11.8. The average Bonchev–Trinajstić information content (AvgIpc) is 2.92. The van der Waals surface area contributed by atoms with Crippen molar-refractivity contribution in [2.75, 3.05) is 11.9 Å². The molecule has 1 amide bonds. The van der Waals surface area contributed by atoms with E-state index in [2.05, 4.69) is 5.32 Å². The number of aromatic nitrogens is 1. The van der Waals surface area contributed by atoms with E-state index in [0.29, 0.717) is 0 Å². The van der Waals surface area contributed by atoms with Crippen LogP contribution in [0.15, 0.2) is 35.4 Å². The molecule has 136 valence electrons. The Bertz CT molecular complexity index is 897. The van der Waals surface area contributed by atoms with Crippen LogP contribution in [0.2, 0.25) is 0 Å². The first kappa shape index (κ1) is 18.9. The third kappa shape index (κ3) is 4.57. The van der Waals surface area contributed by atoms with Crippen LogP contribution in [0.25, 0.3) is 0 Å². The summed E-state index contributed by atoms with van der Waals surface area (Å²) in [5.41, 5.74) is -0.160. The zero-order valence-electron chi connectivity index (χ0n) is 12.8. The Kier molecular flexibility index (Phi) is 5.48. The number of anilines is 1. The number of carbonyl (C=O) groups is 1. The fourth-order valence-electron chi connectivity index (χ4n) is 1.93. The van der Waals surface area contributed by atoms with Crippen molar-refractivity contribution in [3.63, 3.8) is 0 Å². The van der Waals surface area contributed by atoms with Crippen LogP contribution in [-0.4, -0.2) is 31.9 Å². The van der Waals surface area contributed by atoms with E-state index in [1.54, 1.807) is 4.72 Å². The maximum absolute atomic E-state index is 13.1. The van der Waals surface area contributed by atoms with Crippen molar-refractivity contribution in [3.8, 4) is 0 Å². The molecule has 11 heteroatoms. The summed E-state index contributed by atoms with van der Waals surface area (Å²) in [6.07, 6.45) is -1.80. The fraction of sp³-hybridized carbons (Fsp3) is 0.214. The molecule has 0 aliphatic rings. The molecule has 1 aromatic heterocycles. The molecule has 0 aliphatic heterocycles. The molecule has 25 heavy (non-hydrogen) atoms. The second-order valence-electron chi connectivity index (χ2n) is 5.00. The molecule has 1 aromatic carbocycles. The van der Waals surface area contributed by atoms with E-state index in [0.717, 1.165) is 35.0 Å². The number of halogens is 4. The number of sulfonamides is 1. The number of amides is 1. The third-order valence-corrected chi connectivity index (χ3v) is 4.52. The van der Waals surface area contributed by atoms with Crippen LogP contribution < -0.4 is 10.0 Å². The molecule has 0 fully saturated rings. The summed E-state index contributed by atoms with van der Waals surface area (Å²) in [5.74, 6) is -3.04. The molecule has 0 saturated carbocycles. The maximum atomic E-state index is 13.1. The molecule has 0 bridgehead atoms. The van der Waals surface area contributed by atoms with Crippen LogP contribution in [0, 0.1) is 11.6 Å². The van der Waals surface area contributed by atoms with E-state index < -0.39 is 40.5 Å². The molecular weight excluding hydrogens is 366 g/mol. The molecule has 0 atom stereocenters. The number of hydrogen-bond acceptors (Lipinski definition) is 3. The zero-order valence-corrected chi connectivity index (χ0v) is 13.6. The van der Waals surface area contributed by atoms with Gasteiger partial charge in [0.25, 0.3) is 12.3 Å². The van der Waals surface area contributed by atoms with Crippen LogP contribution in [0.1, 0.15) is 10.5 Å². The molecule has 2 aromatic rings. The minimum absolute atomic E-state index is 0.0367. The Morgan fingerprint density at radius 2 is 1.88 bits per heavy atom. The minimum atomic E-state index is -4.22. The summed E-state index contributed by atoms with van der Waals surface area (Å²) in [6, 6.07) is 3.68. The number of aryl methyl sites for hydroxylation is 1. The maximum Gasteiger partial charge on any atom is 0.272 e. The van der Waals surface area contributed by atoms with E-state index >= 15 is 0 Å². The SMILES string of the molecule is Cn1cc(S(=O)(=O)NCC(F)F)cc1C(=O)Nc1ccc(F)c(F)c1. The van der Waals surface area contributed by atoms with Gasteiger partial charge >= 0.3 is 0 Å². The molecule has 2 N–H and O–H groups in total. The lowest BCUT2D eigenvalue weighted by molar-refractivity contribution is 0.101. The van der Waals surface area contributed by atoms with Crippen molar-refractivity contribution in [3.05, 3.63) is 47.8 Å². The zero-order chi connectivity index (χ0) is 18.8. The van der Waals surface area contributed by atoms with Gasteiger partial charge in [0.15, 0.2) is 11.6 Å². The number of nitrogens with one attached hydrogen (secondary N) is 2. The lowest BCUT2D eigenvalue weighted by atomic mass is 10.3. The van der Waals surface area contributed by atoms with Gasteiger partial charge in [-0.1, -0.05) is 0 Å². The van der Waals surface area contributed by atoms with E-state index in [1.807, 2.05) is 0 Å². The third-order valence-electron chi connectivity index (χ3n) is 3.13. The van der Waals surface area contributed by atoms with Crippen molar-refractivity contribution in [1.29, 1.82) is 0 Å². The van der Waals surface area contributed by atoms with Gasteiger partial charge in [0.2, 0.25) is 10.0 Å². The summed E-state index contributed by atoms with van der Waals surface area (Å²) >= 11 is 0. The number of nitrogens with zero attached hydrogens (tertiary/aromatic N) is 1. The smallest absolute Gasteiger partial charge is 0.272 e. The predicted octanol–water partition coefficient (Wildman–Crippen LogP) is 2.10. The summed E-state index contributed by atoms with van der Waals surface area (Å²) in [4.78, 5) is 11.8. The van der Waals surface area contributed by atoms with Gasteiger partial charge in [-0.3, -0.25) is 4.79 Å². The molecule has 0 radical (unpaired) electrons. The van der Waals surface area contributed by atoms with E-state index in [9.17, 15) is 30.8 Å². The Labute approximate surface area is 140 Å². The minimum Gasteiger partial charge on any atom is -0.345 e. The van der Waals surface area contributed by atoms with Crippen molar-refractivity contribution in [1.82, 2.24) is 9.29 Å². The second kappa shape index (κ2) is 7.23. The largest absolute Gasteiger partial charge is 0.345 e. The first-order valence-electron chi connectivity index (χ1n) is 6.80. The first-order valence-corrected chi connectivity index (χ1v) is 8.29. The number of rotatable bonds is 6. The highest BCUT2D eigenvalue weighted by molar-refractivity contribution is 7.89. The lowest BCUT2D eigenvalue weighted by Gasteiger charge is -2.06. The predicted molar refractivity (Wildman–Crippen MR) is 80.9 cm³/mol. The lowest BCUT2D eigenvalue weighted by Crippen LogP contribution is -2.28. The van der Waals surface area contributed by atoms with Gasteiger partial charge in [-0.2, -0.15) is 0 Å². The standard InChI is InChI=1S/C14H13F4N3O3S/c1-21-7-9(25(23,24)19-6-13(17)18)5-12(21)14(22)20-8-2-3-10(15)11(16)4-8/h2-5,7,13,19H,6H2,1H3,(H,20,22). The summed E-state index contributed by atoms with van der Waals surface area (Å²) in [6.45, 7) is -1.06. The summed E-state index contributed by atoms with van der Waals surface area (Å²) in [7, 11) is -2.85. The van der Waals surface area contributed by atoms with Crippen molar-refractivity contribution >= 4 is 21.6 Å². The topological polar surface area (TPSA) is 80.2 Å². The van der Waals surface area contributed by atoms with Gasteiger partial charge in [-0.05, 0) is 18.2 Å². The number of hydrogen-bond donors (Lipinski definition) is 2. The number of benzene rings is 1. The van der Waals surface area contributed by atoms with Crippen molar-refractivity contribution in [2.45, 2.75) is 11.3 Å². The number of alkyl halides is 2. The Hall–Kier alpha value is -2.40. The van der Waals surface area contributed by atoms with Gasteiger partial charge in [-0.15, -0.1) is 0 Å². The second-order valence-corrected chi connectivity index (χ2v) is 6.76. The average molecular weight is 379 g/mol. The molecular formula is C14H13F4N3O3S. The molecule has 0 saturated heterocycles. The van der Waals surface area contributed by atoms with Crippen LogP contribution in [-0.2, 0) is 17.1 Å². The van der Waals surface area contributed by atoms with E-state index in [-0.39, 0.29) is 16.3 Å². The Balaban J connectivity index is 2.21. The van der Waals surface area contributed by atoms with Crippen molar-refractivity contribution in [2.24, 2.45) is 7.05 Å². The van der Waals surface area contributed by atoms with Gasteiger partial charge in [0, 0.05) is 25.0 Å². The first-order chi connectivity index (χ1) is 11.6. The van der Waals surface area contributed by atoms with Crippen LogP contribution >= 0.6 is 0 Å². The quantitative estimate of drug-likeness (QED) is 0.755. The Morgan fingerprint density at radius 1 is 1.20 bits per heavy atom. The van der Waals surface area contributed by atoms with Crippen LogP contribution in [0.4, 0.5) is 23.2 Å². The van der Waals surface area contributed by atoms with Gasteiger partial charge in [-0.25, -0.2) is 30.7 Å². The number of carbonyl (C=O) groups excluding carboxylic acids is 1. The van der Waals surface area contributed by atoms with E-state index in [1.165, 1.54) is 7.05 Å². The molecule has 1 heterocycles. The van der Waals surface area contributed by atoms with E-state index in [4.69, 9.17) is 0 Å². The molecule has 2 rings (SSSR count). The van der Waals surface area contributed by atoms with Gasteiger partial charge in [0.05, 0.1) is 6.54 Å². The molecule has 0 aliphatic carbocycles. The molecule has 0 unspecified atom stereocenters. The summed E-state index contributed by atoms with van der Waals surface area (Å²) < 4.78 is 76.9.